The number of hydrogen-bond acceptors (Lipinski definition) is 4. The van der Waals surface area contributed by atoms with Gasteiger partial charge >= 0.3 is 11.9 Å². The first kappa shape index (κ1) is 14.2. The largest absolute Gasteiger partial charge is 0.393 e. The molecule has 110 valence electrons. The molecule has 3 aliphatic heterocycles. The highest BCUT2D eigenvalue weighted by Gasteiger charge is 2.66. The average molecular weight is 310 g/mol. The zero-order valence-corrected chi connectivity index (χ0v) is 14.9. The summed E-state index contributed by atoms with van der Waals surface area (Å²) in [6, 6.07) is 0. The van der Waals surface area contributed by atoms with Gasteiger partial charge in [-0.05, 0) is 0 Å². The minimum absolute atomic E-state index is 0.197. The summed E-state index contributed by atoms with van der Waals surface area (Å²) in [5.74, 6) is -1.51. The van der Waals surface area contributed by atoms with Crippen LogP contribution in [0.2, 0.25) is 39.3 Å². The van der Waals surface area contributed by atoms with Gasteiger partial charge in [0.1, 0.15) is 11.8 Å². The number of cyclic esters (lactones) is 2. The predicted molar refractivity (Wildman–Crippen MR) is 80.5 cm³/mol. The van der Waals surface area contributed by atoms with Gasteiger partial charge in [0.25, 0.3) is 0 Å². The Morgan fingerprint density at radius 1 is 0.750 bits per heavy atom. The number of fused-ring (bicyclic) bond motifs is 5. The van der Waals surface area contributed by atoms with Crippen molar-refractivity contribution in [3.63, 3.8) is 0 Å². The lowest BCUT2D eigenvalue weighted by Gasteiger charge is -2.34. The summed E-state index contributed by atoms with van der Waals surface area (Å²) >= 11 is 0. The molecule has 6 heteroatoms. The van der Waals surface area contributed by atoms with Gasteiger partial charge in [0.15, 0.2) is 0 Å². The van der Waals surface area contributed by atoms with Crippen molar-refractivity contribution < 1.29 is 19.1 Å². The molecule has 4 nitrogen and oxygen atoms in total. The van der Waals surface area contributed by atoms with Crippen molar-refractivity contribution in [3.05, 3.63) is 10.4 Å². The maximum atomic E-state index is 12.0. The molecule has 0 aromatic heterocycles. The first-order chi connectivity index (χ1) is 9.03. The van der Waals surface area contributed by atoms with E-state index in [0.717, 1.165) is 0 Å². The summed E-state index contributed by atoms with van der Waals surface area (Å²) in [7, 11) is -3.18. The Morgan fingerprint density at radius 2 is 1.10 bits per heavy atom. The molecule has 0 saturated carbocycles. The summed E-state index contributed by atoms with van der Waals surface area (Å²) in [6.07, 6.45) is -0.394. The molecule has 0 spiro atoms. The van der Waals surface area contributed by atoms with Crippen LogP contribution in [-0.4, -0.2) is 40.3 Å². The van der Waals surface area contributed by atoms with Crippen LogP contribution in [0, 0.1) is 11.8 Å². The first-order valence-electron chi connectivity index (χ1n) is 7.19. The van der Waals surface area contributed by atoms with Crippen LogP contribution in [0.5, 0.6) is 0 Å². The minimum Gasteiger partial charge on any atom is -0.393 e. The monoisotopic (exact) mass is 310 g/mol. The Balaban J connectivity index is 2.17. The molecule has 3 heterocycles. The highest BCUT2D eigenvalue weighted by Crippen LogP contribution is 2.54. The Morgan fingerprint density at radius 3 is 1.40 bits per heavy atom. The van der Waals surface area contributed by atoms with Crippen molar-refractivity contribution in [2.24, 2.45) is 11.8 Å². The van der Waals surface area contributed by atoms with Crippen molar-refractivity contribution in [3.8, 4) is 0 Å². The van der Waals surface area contributed by atoms with E-state index in [1.54, 1.807) is 0 Å². The maximum absolute atomic E-state index is 12.0. The predicted octanol–water partition coefficient (Wildman–Crippen LogP) is 2.13. The van der Waals surface area contributed by atoms with Gasteiger partial charge in [-0.15, -0.1) is 0 Å². The van der Waals surface area contributed by atoms with Crippen LogP contribution in [0.3, 0.4) is 0 Å². The summed E-state index contributed by atoms with van der Waals surface area (Å²) in [6.45, 7) is 13.8. The van der Waals surface area contributed by atoms with E-state index in [2.05, 4.69) is 39.3 Å². The molecular weight excluding hydrogens is 288 g/mol. The van der Waals surface area contributed by atoms with E-state index in [0.29, 0.717) is 0 Å². The Labute approximate surface area is 121 Å². The molecule has 0 aliphatic carbocycles. The standard InChI is InChI=1S/C14H22O4Si2/c1-19(2,3)11-9-7-8(14(16)18-13(7)15)10(17-9)12(11)20(4,5)6/h7-10H,1-6H3/t7-,8+,9-,10+. The third-order valence-corrected chi connectivity index (χ3v) is 9.14. The molecule has 2 fully saturated rings. The summed E-state index contributed by atoms with van der Waals surface area (Å²) in [5.41, 5.74) is 0. The van der Waals surface area contributed by atoms with Gasteiger partial charge < -0.3 is 9.47 Å². The molecule has 2 saturated heterocycles. The van der Waals surface area contributed by atoms with Crippen molar-refractivity contribution in [2.75, 3.05) is 0 Å². The normalized spacial score (nSPS) is 36.7. The lowest BCUT2D eigenvalue weighted by Crippen LogP contribution is -2.45. The van der Waals surface area contributed by atoms with Crippen LogP contribution in [0.1, 0.15) is 0 Å². The molecule has 2 bridgehead atoms. The van der Waals surface area contributed by atoms with E-state index in [9.17, 15) is 9.59 Å². The van der Waals surface area contributed by atoms with E-state index in [4.69, 9.17) is 9.47 Å². The summed E-state index contributed by atoms with van der Waals surface area (Å²) < 4.78 is 11.0. The van der Waals surface area contributed by atoms with Crippen molar-refractivity contribution in [1.82, 2.24) is 0 Å². The number of ether oxygens (including phenoxy) is 2. The molecule has 0 aromatic carbocycles. The SMILES string of the molecule is C[Si](C)(C)C1=C([Si](C)(C)C)[C@@H]2O[C@H]1[C@H]1C(=O)OC(=O)[C@H]12. The van der Waals surface area contributed by atoms with Gasteiger partial charge in [-0.1, -0.05) is 49.7 Å². The second kappa shape index (κ2) is 3.92. The highest BCUT2D eigenvalue weighted by atomic mass is 28.3. The lowest BCUT2D eigenvalue weighted by molar-refractivity contribution is -0.156. The number of hydrogen-bond donors (Lipinski definition) is 0. The zero-order chi connectivity index (χ0) is 15.0. The van der Waals surface area contributed by atoms with Crippen LogP contribution in [0.25, 0.3) is 0 Å². The fourth-order valence-corrected chi connectivity index (χ4v) is 10.3. The molecular formula is C14H22O4Si2. The Kier molecular flexibility index (Phi) is 2.79. The fourth-order valence-electron chi connectivity index (χ4n) is 3.94. The number of carbonyl (C=O) groups excluding carboxylic acids is 2. The van der Waals surface area contributed by atoms with Crippen molar-refractivity contribution in [1.29, 1.82) is 0 Å². The maximum Gasteiger partial charge on any atom is 0.320 e. The average Bonchev–Trinajstić information content (AvgIpc) is 2.86. The quantitative estimate of drug-likeness (QED) is 0.445. The smallest absolute Gasteiger partial charge is 0.320 e. The van der Waals surface area contributed by atoms with Crippen LogP contribution >= 0.6 is 0 Å². The molecule has 0 N–H and O–H groups in total. The van der Waals surface area contributed by atoms with Crippen LogP contribution in [0.15, 0.2) is 10.4 Å². The van der Waals surface area contributed by atoms with E-state index in [-0.39, 0.29) is 36.0 Å². The van der Waals surface area contributed by atoms with Gasteiger partial charge in [0.05, 0.1) is 28.4 Å². The fraction of sp³-hybridized carbons (Fsp3) is 0.714. The lowest BCUT2D eigenvalue weighted by atomic mass is 9.84. The summed E-state index contributed by atoms with van der Waals surface area (Å²) in [5, 5.41) is 2.77. The number of carbonyl (C=O) groups is 2. The minimum atomic E-state index is -1.59. The number of rotatable bonds is 2. The van der Waals surface area contributed by atoms with E-state index in [1.807, 2.05) is 0 Å². The zero-order valence-electron chi connectivity index (χ0n) is 12.9. The molecule has 20 heavy (non-hydrogen) atoms. The number of esters is 2. The second-order valence-electron chi connectivity index (χ2n) is 8.10. The van der Waals surface area contributed by atoms with Gasteiger partial charge in [-0.3, -0.25) is 9.59 Å². The topological polar surface area (TPSA) is 52.6 Å². The van der Waals surface area contributed by atoms with Crippen molar-refractivity contribution >= 4 is 28.1 Å². The van der Waals surface area contributed by atoms with Crippen LogP contribution in [0.4, 0.5) is 0 Å². The van der Waals surface area contributed by atoms with Crippen molar-refractivity contribution in [2.45, 2.75) is 51.5 Å². The molecule has 0 aromatic rings. The first-order valence-corrected chi connectivity index (χ1v) is 14.2. The van der Waals surface area contributed by atoms with Gasteiger partial charge in [0.2, 0.25) is 0 Å². The van der Waals surface area contributed by atoms with Gasteiger partial charge in [-0.2, -0.15) is 0 Å². The molecule has 3 aliphatic rings. The molecule has 0 unspecified atom stereocenters. The molecule has 4 atom stereocenters. The third kappa shape index (κ3) is 1.74. The van der Waals surface area contributed by atoms with Gasteiger partial charge in [-0.25, -0.2) is 0 Å². The third-order valence-electron chi connectivity index (χ3n) is 4.55. The van der Waals surface area contributed by atoms with Crippen LogP contribution < -0.4 is 0 Å². The Hall–Kier alpha value is -0.726. The van der Waals surface area contributed by atoms with E-state index in [1.165, 1.54) is 10.4 Å². The molecule has 3 rings (SSSR count). The highest BCUT2D eigenvalue weighted by molar-refractivity contribution is 6.89. The van der Waals surface area contributed by atoms with E-state index >= 15 is 0 Å². The summed E-state index contributed by atoms with van der Waals surface area (Å²) in [4.78, 5) is 23.9. The van der Waals surface area contributed by atoms with E-state index < -0.39 is 16.1 Å². The molecule has 0 amide bonds. The second-order valence-corrected chi connectivity index (χ2v) is 18.2. The Bertz CT molecular complexity index is 492. The van der Waals surface area contributed by atoms with Crippen LogP contribution in [-0.2, 0) is 19.1 Å². The molecule has 0 radical (unpaired) electrons. The van der Waals surface area contributed by atoms with Gasteiger partial charge in [0, 0.05) is 0 Å².